The number of amides is 2. The summed E-state index contributed by atoms with van der Waals surface area (Å²) in [5, 5.41) is 5.89. The van der Waals surface area contributed by atoms with Crippen LogP contribution in [0.15, 0.2) is 65.6 Å². The van der Waals surface area contributed by atoms with Gasteiger partial charge in [0.15, 0.2) is 9.84 Å². The van der Waals surface area contributed by atoms with Crippen LogP contribution in [-0.4, -0.2) is 37.7 Å². The van der Waals surface area contributed by atoms with Crippen LogP contribution in [0.25, 0.3) is 0 Å². The van der Waals surface area contributed by atoms with E-state index >= 15 is 0 Å². The fourth-order valence-electron chi connectivity index (χ4n) is 4.33. The lowest BCUT2D eigenvalue weighted by atomic mass is 10.0. The van der Waals surface area contributed by atoms with Crippen molar-refractivity contribution >= 4 is 21.7 Å². The van der Waals surface area contributed by atoms with Gasteiger partial charge in [-0.25, -0.2) is 8.42 Å². The lowest BCUT2D eigenvalue weighted by molar-refractivity contribution is 0.0776. The molecule has 0 radical (unpaired) electrons. The highest BCUT2D eigenvalue weighted by Crippen LogP contribution is 2.24. The number of fused-ring (bicyclic) bond motifs is 1. The van der Waals surface area contributed by atoms with E-state index in [0.29, 0.717) is 35.7 Å². The monoisotopic (exact) mass is 495 g/mol. The van der Waals surface area contributed by atoms with Crippen LogP contribution >= 0.6 is 0 Å². The normalized spacial score (nSPS) is 14.1. The van der Waals surface area contributed by atoms with Crippen molar-refractivity contribution < 1.29 is 22.7 Å². The third-order valence-electron chi connectivity index (χ3n) is 6.11. The molecule has 1 atom stereocenters. The SMILES string of the molecule is CCC(NC(=O)c1cc(C(=O)NCc2ccccc2S(C)(=O)=O)n2c1COCC2)c1ccccc1. The van der Waals surface area contributed by atoms with Gasteiger partial charge in [-0.05, 0) is 29.7 Å². The molecule has 0 fully saturated rings. The molecular weight excluding hydrogens is 466 g/mol. The van der Waals surface area contributed by atoms with Crippen molar-refractivity contribution in [3.8, 4) is 0 Å². The first-order valence-electron chi connectivity index (χ1n) is 11.5. The fraction of sp³-hybridized carbons (Fsp3) is 0.308. The summed E-state index contributed by atoms with van der Waals surface area (Å²) in [6.45, 7) is 3.16. The number of carbonyl (C=O) groups excluding carboxylic acids is 2. The molecule has 184 valence electrons. The molecule has 9 heteroatoms. The van der Waals surface area contributed by atoms with E-state index in [0.717, 1.165) is 18.2 Å². The quantitative estimate of drug-likeness (QED) is 0.499. The number of benzene rings is 2. The third kappa shape index (κ3) is 5.47. The van der Waals surface area contributed by atoms with Crippen LogP contribution in [0.4, 0.5) is 0 Å². The van der Waals surface area contributed by atoms with Gasteiger partial charge in [-0.3, -0.25) is 9.59 Å². The number of nitrogens with one attached hydrogen (secondary N) is 2. The van der Waals surface area contributed by atoms with E-state index in [-0.39, 0.29) is 35.9 Å². The average Bonchev–Trinajstić information content (AvgIpc) is 3.26. The number of aromatic nitrogens is 1. The Morgan fingerprint density at radius 2 is 1.77 bits per heavy atom. The van der Waals surface area contributed by atoms with E-state index in [1.807, 2.05) is 37.3 Å². The molecule has 1 aromatic heterocycles. The molecule has 1 unspecified atom stereocenters. The first kappa shape index (κ1) is 24.7. The highest BCUT2D eigenvalue weighted by Gasteiger charge is 2.27. The zero-order chi connectivity index (χ0) is 25.0. The molecule has 35 heavy (non-hydrogen) atoms. The van der Waals surface area contributed by atoms with Crippen LogP contribution in [0, 0.1) is 0 Å². The number of carbonyl (C=O) groups is 2. The molecule has 2 N–H and O–H groups in total. The maximum absolute atomic E-state index is 13.3. The molecule has 0 aliphatic carbocycles. The smallest absolute Gasteiger partial charge is 0.268 e. The van der Waals surface area contributed by atoms with Crippen molar-refractivity contribution in [2.75, 3.05) is 12.9 Å². The van der Waals surface area contributed by atoms with Gasteiger partial charge in [0.05, 0.1) is 35.4 Å². The van der Waals surface area contributed by atoms with Crippen LogP contribution in [0.2, 0.25) is 0 Å². The minimum atomic E-state index is -3.43. The zero-order valence-corrected chi connectivity index (χ0v) is 20.6. The molecule has 2 heterocycles. The van der Waals surface area contributed by atoms with E-state index in [1.54, 1.807) is 28.8 Å². The summed E-state index contributed by atoms with van der Waals surface area (Å²) in [4.78, 5) is 26.6. The summed E-state index contributed by atoms with van der Waals surface area (Å²) >= 11 is 0. The summed E-state index contributed by atoms with van der Waals surface area (Å²) in [5.74, 6) is -0.651. The molecule has 3 aromatic rings. The Labute approximate surface area is 205 Å². The second kappa shape index (κ2) is 10.5. The standard InChI is InChI=1S/C26H29N3O5S/c1-3-21(18-9-5-4-6-10-18)28-25(30)20-15-22(29-13-14-34-17-23(20)29)26(31)27-16-19-11-7-8-12-24(19)35(2,32)33/h4-12,15,21H,3,13-14,16-17H2,1-2H3,(H,27,31)(H,28,30). The largest absolute Gasteiger partial charge is 0.373 e. The zero-order valence-electron chi connectivity index (χ0n) is 19.8. The van der Waals surface area contributed by atoms with Gasteiger partial charge in [-0.2, -0.15) is 0 Å². The number of ether oxygens (including phenoxy) is 1. The first-order valence-corrected chi connectivity index (χ1v) is 13.4. The lowest BCUT2D eigenvalue weighted by Crippen LogP contribution is -2.30. The van der Waals surface area contributed by atoms with Gasteiger partial charge in [-0.15, -0.1) is 0 Å². The van der Waals surface area contributed by atoms with Crippen LogP contribution < -0.4 is 10.6 Å². The molecule has 0 bridgehead atoms. The Kier molecular flexibility index (Phi) is 7.37. The number of sulfone groups is 1. The van der Waals surface area contributed by atoms with Crippen LogP contribution in [0.3, 0.4) is 0 Å². The number of hydrogen-bond donors (Lipinski definition) is 2. The first-order chi connectivity index (χ1) is 16.8. The minimum absolute atomic E-state index is 0.0482. The van der Waals surface area contributed by atoms with Gasteiger partial charge < -0.3 is 19.9 Å². The van der Waals surface area contributed by atoms with Gasteiger partial charge >= 0.3 is 0 Å². The molecule has 1 aliphatic rings. The molecule has 2 amide bonds. The van der Waals surface area contributed by atoms with Crippen molar-refractivity contribution in [3.05, 3.63) is 88.7 Å². The van der Waals surface area contributed by atoms with E-state index in [1.165, 1.54) is 6.07 Å². The summed E-state index contributed by atoms with van der Waals surface area (Å²) in [7, 11) is -3.43. The second-order valence-electron chi connectivity index (χ2n) is 8.50. The average molecular weight is 496 g/mol. The Balaban J connectivity index is 1.57. The third-order valence-corrected chi connectivity index (χ3v) is 7.31. The topological polar surface area (TPSA) is 107 Å². The maximum Gasteiger partial charge on any atom is 0.268 e. The van der Waals surface area contributed by atoms with Crippen molar-refractivity contribution in [1.29, 1.82) is 0 Å². The van der Waals surface area contributed by atoms with E-state index in [2.05, 4.69) is 10.6 Å². The van der Waals surface area contributed by atoms with Crippen LogP contribution in [-0.2, 0) is 34.3 Å². The highest BCUT2D eigenvalue weighted by atomic mass is 32.2. The van der Waals surface area contributed by atoms with Crippen molar-refractivity contribution in [1.82, 2.24) is 15.2 Å². The predicted molar refractivity (Wildman–Crippen MR) is 132 cm³/mol. The number of hydrogen-bond acceptors (Lipinski definition) is 5. The Bertz CT molecular complexity index is 1330. The van der Waals surface area contributed by atoms with E-state index in [9.17, 15) is 18.0 Å². The van der Waals surface area contributed by atoms with Gasteiger partial charge in [0.25, 0.3) is 11.8 Å². The van der Waals surface area contributed by atoms with Crippen LogP contribution in [0.5, 0.6) is 0 Å². The van der Waals surface area contributed by atoms with E-state index < -0.39 is 9.84 Å². The van der Waals surface area contributed by atoms with Crippen molar-refractivity contribution in [2.45, 2.75) is 44.0 Å². The summed E-state index contributed by atoms with van der Waals surface area (Å²) in [6.07, 6.45) is 1.86. The molecule has 0 saturated carbocycles. The van der Waals surface area contributed by atoms with Crippen molar-refractivity contribution in [3.63, 3.8) is 0 Å². The summed E-state index contributed by atoms with van der Waals surface area (Å²) in [5.41, 5.74) is 2.91. The van der Waals surface area contributed by atoms with Gasteiger partial charge in [0.1, 0.15) is 5.69 Å². The summed E-state index contributed by atoms with van der Waals surface area (Å²) in [6, 6.07) is 17.7. The molecule has 4 rings (SSSR count). The van der Waals surface area contributed by atoms with Gasteiger partial charge in [0, 0.05) is 19.3 Å². The minimum Gasteiger partial charge on any atom is -0.373 e. The molecular formula is C26H29N3O5S. The fourth-order valence-corrected chi connectivity index (χ4v) is 5.27. The van der Waals surface area contributed by atoms with Crippen LogP contribution in [0.1, 0.15) is 57.1 Å². The van der Waals surface area contributed by atoms with Gasteiger partial charge in [-0.1, -0.05) is 55.5 Å². The second-order valence-corrected chi connectivity index (χ2v) is 10.5. The molecule has 2 aromatic carbocycles. The molecule has 1 aliphatic heterocycles. The predicted octanol–water partition coefficient (Wildman–Crippen LogP) is 3.23. The van der Waals surface area contributed by atoms with Gasteiger partial charge in [0.2, 0.25) is 0 Å². The van der Waals surface area contributed by atoms with Crippen molar-refractivity contribution in [2.24, 2.45) is 0 Å². The summed E-state index contributed by atoms with van der Waals surface area (Å²) < 4.78 is 31.5. The molecule has 8 nitrogen and oxygen atoms in total. The lowest BCUT2D eigenvalue weighted by Gasteiger charge is -2.21. The molecule has 0 spiro atoms. The Hall–Kier alpha value is -3.43. The Morgan fingerprint density at radius 3 is 2.49 bits per heavy atom. The Morgan fingerprint density at radius 1 is 1.06 bits per heavy atom. The molecule has 0 saturated heterocycles. The number of nitrogens with zero attached hydrogens (tertiary/aromatic N) is 1. The number of rotatable bonds is 8. The highest BCUT2D eigenvalue weighted by molar-refractivity contribution is 7.90. The van der Waals surface area contributed by atoms with E-state index in [4.69, 9.17) is 4.74 Å². The maximum atomic E-state index is 13.3.